The van der Waals surface area contributed by atoms with E-state index in [0.29, 0.717) is 0 Å². The molecule has 5 nitrogen and oxygen atoms in total. The standard InChI is InChI=1S/C15H23N5S2.HI/c1-11-9-22-14(19-11)5-4-7-17-15(16-3)18-8-6-13-10-21-12(2)20-13;/h9-10H,4-8H2,1-3H3,(H2,16,17,18);1H. The van der Waals surface area contributed by atoms with Crippen molar-refractivity contribution in [2.24, 2.45) is 4.99 Å². The second-order valence-corrected chi connectivity index (χ2v) is 7.02. The minimum Gasteiger partial charge on any atom is -0.356 e. The van der Waals surface area contributed by atoms with Crippen LogP contribution in [-0.4, -0.2) is 36.1 Å². The van der Waals surface area contributed by atoms with Crippen LogP contribution in [0.25, 0.3) is 0 Å². The highest BCUT2D eigenvalue weighted by Gasteiger charge is 2.02. The molecule has 128 valence electrons. The number of aliphatic imine (C=N–C) groups is 1. The SMILES string of the molecule is CN=C(NCCCc1nc(C)cs1)NCCc1csc(C)n1.I. The molecule has 23 heavy (non-hydrogen) atoms. The van der Waals surface area contributed by atoms with Crippen LogP contribution < -0.4 is 10.6 Å². The molecular formula is C15H24IN5S2. The van der Waals surface area contributed by atoms with Gasteiger partial charge in [0.2, 0.25) is 0 Å². The molecule has 2 heterocycles. The fraction of sp³-hybridized carbons (Fsp3) is 0.533. The Kier molecular flexibility index (Phi) is 9.65. The van der Waals surface area contributed by atoms with Gasteiger partial charge in [-0.05, 0) is 20.3 Å². The molecule has 0 spiro atoms. The number of halogens is 1. The van der Waals surface area contributed by atoms with Crippen molar-refractivity contribution in [1.82, 2.24) is 20.6 Å². The van der Waals surface area contributed by atoms with Gasteiger partial charge < -0.3 is 10.6 Å². The summed E-state index contributed by atoms with van der Waals surface area (Å²) in [4.78, 5) is 13.2. The lowest BCUT2D eigenvalue weighted by molar-refractivity contribution is 0.734. The first-order valence-electron chi connectivity index (χ1n) is 7.44. The lowest BCUT2D eigenvalue weighted by atomic mass is 10.3. The highest BCUT2D eigenvalue weighted by atomic mass is 127. The van der Waals surface area contributed by atoms with Gasteiger partial charge in [-0.3, -0.25) is 4.99 Å². The molecule has 2 aromatic rings. The monoisotopic (exact) mass is 465 g/mol. The molecule has 2 N–H and O–H groups in total. The van der Waals surface area contributed by atoms with Crippen molar-refractivity contribution >= 4 is 52.6 Å². The first kappa shape index (κ1) is 20.3. The number of aryl methyl sites for hydroxylation is 3. The Bertz CT molecular complexity index is 609. The maximum Gasteiger partial charge on any atom is 0.190 e. The third-order valence-electron chi connectivity index (χ3n) is 3.09. The van der Waals surface area contributed by atoms with E-state index in [1.54, 1.807) is 29.7 Å². The minimum absolute atomic E-state index is 0. The molecule has 2 rings (SSSR count). The van der Waals surface area contributed by atoms with Gasteiger partial charge in [-0.1, -0.05) is 0 Å². The second-order valence-electron chi connectivity index (χ2n) is 5.02. The van der Waals surface area contributed by atoms with Gasteiger partial charge in [-0.2, -0.15) is 0 Å². The summed E-state index contributed by atoms with van der Waals surface area (Å²) < 4.78 is 0. The average Bonchev–Trinajstić information content (AvgIpc) is 3.10. The van der Waals surface area contributed by atoms with Crippen LogP contribution in [0.15, 0.2) is 15.8 Å². The Balaban J connectivity index is 0.00000264. The smallest absolute Gasteiger partial charge is 0.190 e. The fourth-order valence-corrected chi connectivity index (χ4v) is 3.48. The summed E-state index contributed by atoms with van der Waals surface area (Å²) in [5, 5.41) is 13.2. The molecular weight excluding hydrogens is 441 g/mol. The van der Waals surface area contributed by atoms with Crippen LogP contribution in [0.1, 0.15) is 27.8 Å². The van der Waals surface area contributed by atoms with E-state index in [1.807, 2.05) is 13.8 Å². The largest absolute Gasteiger partial charge is 0.356 e. The zero-order chi connectivity index (χ0) is 15.8. The molecule has 0 aromatic carbocycles. The van der Waals surface area contributed by atoms with Gasteiger partial charge in [-0.15, -0.1) is 46.7 Å². The topological polar surface area (TPSA) is 62.2 Å². The third-order valence-corrected chi connectivity index (χ3v) is 4.94. The van der Waals surface area contributed by atoms with Gasteiger partial charge in [-0.25, -0.2) is 9.97 Å². The molecule has 0 aliphatic rings. The van der Waals surface area contributed by atoms with E-state index in [-0.39, 0.29) is 24.0 Å². The van der Waals surface area contributed by atoms with E-state index in [4.69, 9.17) is 0 Å². The molecule has 0 amide bonds. The lowest BCUT2D eigenvalue weighted by Gasteiger charge is -2.10. The average molecular weight is 465 g/mol. The van der Waals surface area contributed by atoms with Crippen LogP contribution >= 0.6 is 46.7 Å². The van der Waals surface area contributed by atoms with Gasteiger partial charge in [0, 0.05) is 49.4 Å². The number of aromatic nitrogens is 2. The minimum atomic E-state index is 0. The summed E-state index contributed by atoms with van der Waals surface area (Å²) in [5.41, 5.74) is 2.26. The van der Waals surface area contributed by atoms with Crippen LogP contribution in [-0.2, 0) is 12.8 Å². The van der Waals surface area contributed by atoms with Gasteiger partial charge in [0.15, 0.2) is 5.96 Å². The van der Waals surface area contributed by atoms with Crippen LogP contribution in [0.2, 0.25) is 0 Å². The van der Waals surface area contributed by atoms with Gasteiger partial charge in [0.1, 0.15) is 0 Å². The summed E-state index contributed by atoms with van der Waals surface area (Å²) in [5.74, 6) is 0.849. The molecule has 0 aliphatic carbocycles. The highest BCUT2D eigenvalue weighted by molar-refractivity contribution is 14.0. The van der Waals surface area contributed by atoms with Crippen molar-refractivity contribution in [2.45, 2.75) is 33.1 Å². The van der Waals surface area contributed by atoms with Gasteiger partial charge in [0.05, 0.1) is 15.7 Å². The molecule has 0 fully saturated rings. The molecule has 0 bridgehead atoms. The number of guanidine groups is 1. The molecule has 0 atom stereocenters. The first-order valence-corrected chi connectivity index (χ1v) is 9.20. The lowest BCUT2D eigenvalue weighted by Crippen LogP contribution is -2.38. The van der Waals surface area contributed by atoms with Gasteiger partial charge >= 0.3 is 0 Å². The molecule has 0 saturated carbocycles. The summed E-state index contributed by atoms with van der Waals surface area (Å²) >= 11 is 3.43. The van der Waals surface area contributed by atoms with Crippen molar-refractivity contribution in [3.8, 4) is 0 Å². The van der Waals surface area contributed by atoms with E-state index in [0.717, 1.165) is 54.7 Å². The van der Waals surface area contributed by atoms with Crippen molar-refractivity contribution in [1.29, 1.82) is 0 Å². The summed E-state index contributed by atoms with van der Waals surface area (Å²) in [6, 6.07) is 0. The van der Waals surface area contributed by atoms with Crippen LogP contribution in [0, 0.1) is 13.8 Å². The van der Waals surface area contributed by atoms with Crippen molar-refractivity contribution in [3.05, 3.63) is 32.2 Å². The Morgan fingerprint density at radius 2 is 1.87 bits per heavy atom. The van der Waals surface area contributed by atoms with Gasteiger partial charge in [0.25, 0.3) is 0 Å². The Morgan fingerprint density at radius 3 is 2.48 bits per heavy atom. The van der Waals surface area contributed by atoms with Crippen molar-refractivity contribution < 1.29 is 0 Å². The zero-order valence-electron chi connectivity index (χ0n) is 13.8. The van der Waals surface area contributed by atoms with E-state index >= 15 is 0 Å². The summed E-state index contributed by atoms with van der Waals surface area (Å²) in [6.07, 6.45) is 2.99. The highest BCUT2D eigenvalue weighted by Crippen LogP contribution is 2.10. The first-order chi connectivity index (χ1) is 10.7. The third kappa shape index (κ3) is 7.58. The Hall–Kier alpha value is -0.740. The quantitative estimate of drug-likeness (QED) is 0.286. The van der Waals surface area contributed by atoms with Crippen molar-refractivity contribution in [3.63, 3.8) is 0 Å². The molecule has 0 radical (unpaired) electrons. The van der Waals surface area contributed by atoms with Crippen LogP contribution in [0.5, 0.6) is 0 Å². The van der Waals surface area contributed by atoms with Crippen molar-refractivity contribution in [2.75, 3.05) is 20.1 Å². The zero-order valence-corrected chi connectivity index (χ0v) is 17.7. The number of thiazole rings is 2. The number of hydrogen-bond donors (Lipinski definition) is 2. The predicted molar refractivity (Wildman–Crippen MR) is 111 cm³/mol. The van der Waals surface area contributed by atoms with Crippen LogP contribution in [0.4, 0.5) is 0 Å². The predicted octanol–water partition coefficient (Wildman–Crippen LogP) is 3.17. The second kappa shape index (κ2) is 10.9. The summed E-state index contributed by atoms with van der Waals surface area (Å²) in [6.45, 7) is 5.81. The molecule has 0 aliphatic heterocycles. The summed E-state index contributed by atoms with van der Waals surface area (Å²) in [7, 11) is 1.80. The van der Waals surface area contributed by atoms with E-state index in [9.17, 15) is 0 Å². The normalized spacial score (nSPS) is 11.2. The molecule has 0 saturated heterocycles. The fourth-order valence-electron chi connectivity index (χ4n) is 2.02. The number of nitrogens with one attached hydrogen (secondary N) is 2. The van der Waals surface area contributed by atoms with Crippen LogP contribution in [0.3, 0.4) is 0 Å². The Morgan fingerprint density at radius 1 is 1.09 bits per heavy atom. The molecule has 0 unspecified atom stereocenters. The number of hydrogen-bond acceptors (Lipinski definition) is 5. The maximum absolute atomic E-state index is 4.47. The number of rotatable bonds is 7. The van der Waals surface area contributed by atoms with E-state index in [2.05, 4.69) is 36.4 Å². The molecule has 8 heteroatoms. The van der Waals surface area contributed by atoms with E-state index in [1.165, 1.54) is 5.01 Å². The molecule has 2 aromatic heterocycles. The maximum atomic E-state index is 4.47. The Labute approximate surface area is 163 Å². The van der Waals surface area contributed by atoms with E-state index < -0.39 is 0 Å². The number of nitrogens with zero attached hydrogens (tertiary/aromatic N) is 3.